The Hall–Kier alpha value is 0.430. The summed E-state index contributed by atoms with van der Waals surface area (Å²) >= 11 is 0. The van der Waals surface area contributed by atoms with Crippen LogP contribution >= 0.6 is 0 Å². The van der Waals surface area contributed by atoms with Gasteiger partial charge in [0.25, 0.3) is 0 Å². The number of carboxylic acid groups (broad SMARTS) is 1. The molecule has 0 aliphatic heterocycles. The zero-order chi connectivity index (χ0) is 6.41. The van der Waals surface area contributed by atoms with Crippen LogP contribution in [-0.4, -0.2) is 19.1 Å². The first-order valence-corrected chi connectivity index (χ1v) is 2.68. The summed E-state index contributed by atoms with van der Waals surface area (Å²) in [5.41, 5.74) is 0. The van der Waals surface area contributed by atoms with Crippen LogP contribution < -0.4 is 40.0 Å². The molecule has 0 fully saturated rings. The van der Waals surface area contributed by atoms with Crippen molar-refractivity contribution in [3.63, 3.8) is 0 Å². The van der Waals surface area contributed by atoms with Gasteiger partial charge in [0.1, 0.15) is 0 Å². The summed E-state index contributed by atoms with van der Waals surface area (Å²) in [5, 5.41) is 12.6. The number of carboxylic acids is 1. The van der Waals surface area contributed by atoms with Gasteiger partial charge in [0.2, 0.25) is 0 Å². The number of hydrogen-bond acceptors (Lipinski definition) is 3. The van der Waals surface area contributed by atoms with Crippen LogP contribution in [0.15, 0.2) is 0 Å². The molecule has 1 N–H and O–H groups in total. The van der Waals surface area contributed by atoms with Crippen LogP contribution in [0.1, 0.15) is 13.3 Å². The Morgan fingerprint density at radius 2 is 2.22 bits per heavy atom. The fraction of sp³-hybridized carbons (Fsp3) is 0.800. The van der Waals surface area contributed by atoms with Crippen molar-refractivity contribution >= 4 is 5.97 Å². The van der Waals surface area contributed by atoms with Crippen molar-refractivity contribution in [2.75, 3.05) is 13.1 Å². The van der Waals surface area contributed by atoms with Crippen molar-refractivity contribution in [2.24, 2.45) is 0 Å². The third kappa shape index (κ3) is 11.8. The number of nitrogens with one attached hydrogen (secondary N) is 1. The molecular formula is C5H10NNaO2. The molecule has 0 aliphatic carbocycles. The molecule has 3 nitrogen and oxygen atoms in total. The van der Waals surface area contributed by atoms with Crippen LogP contribution in [0.25, 0.3) is 0 Å². The first kappa shape index (κ1) is 12.1. The summed E-state index contributed by atoms with van der Waals surface area (Å²) in [6, 6.07) is 0. The quantitative estimate of drug-likeness (QED) is 0.317. The Kier molecular flexibility index (Phi) is 11.4. The molecule has 0 unspecified atom stereocenters. The maximum Gasteiger partial charge on any atom is 1.00 e. The molecule has 0 saturated heterocycles. The molecule has 0 bridgehead atoms. The van der Waals surface area contributed by atoms with Gasteiger partial charge in [-0.3, -0.25) is 0 Å². The Labute approximate surface area is 77.1 Å². The average molecular weight is 139 g/mol. The summed E-state index contributed by atoms with van der Waals surface area (Å²) in [7, 11) is 0. The Bertz CT molecular complexity index is 77.4. The van der Waals surface area contributed by atoms with E-state index >= 15 is 0 Å². The molecule has 0 saturated carbocycles. The molecule has 0 aliphatic rings. The van der Waals surface area contributed by atoms with E-state index in [1.807, 2.05) is 6.92 Å². The standard InChI is InChI=1S/C5H11NO2.Na/c1-2-6-4-3-5(7)8;/h6H,2-4H2,1H3,(H,7,8);/q;+1/p-1. The normalized spacial score (nSPS) is 8.11. The molecule has 0 aromatic heterocycles. The van der Waals surface area contributed by atoms with Crippen molar-refractivity contribution in [2.45, 2.75) is 13.3 Å². The largest absolute Gasteiger partial charge is 1.00 e. The minimum atomic E-state index is -0.994. The molecule has 0 radical (unpaired) electrons. The number of carbonyl (C=O) groups is 1. The predicted molar refractivity (Wildman–Crippen MR) is 28.2 cm³/mol. The molecule has 0 rings (SSSR count). The summed E-state index contributed by atoms with van der Waals surface area (Å²) in [4.78, 5) is 9.72. The molecule has 9 heavy (non-hydrogen) atoms. The summed E-state index contributed by atoms with van der Waals surface area (Å²) in [5.74, 6) is -0.994. The van der Waals surface area contributed by atoms with Crippen molar-refractivity contribution in [3.05, 3.63) is 0 Å². The molecule has 0 aromatic carbocycles. The van der Waals surface area contributed by atoms with E-state index in [2.05, 4.69) is 5.32 Å². The smallest absolute Gasteiger partial charge is 0.550 e. The number of rotatable bonds is 4. The van der Waals surface area contributed by atoms with E-state index in [-0.39, 0.29) is 36.0 Å². The number of aliphatic carboxylic acids is 1. The van der Waals surface area contributed by atoms with Gasteiger partial charge >= 0.3 is 29.6 Å². The van der Waals surface area contributed by atoms with Crippen LogP contribution in [0.5, 0.6) is 0 Å². The van der Waals surface area contributed by atoms with E-state index < -0.39 is 5.97 Å². The molecule has 0 aromatic rings. The second kappa shape index (κ2) is 8.43. The molecule has 0 atom stereocenters. The molecular weight excluding hydrogens is 129 g/mol. The average Bonchev–Trinajstić information content (AvgIpc) is 1.66. The van der Waals surface area contributed by atoms with Crippen LogP contribution in [0, 0.1) is 0 Å². The molecule has 0 amide bonds. The second-order valence-electron chi connectivity index (χ2n) is 1.48. The zero-order valence-corrected chi connectivity index (χ0v) is 7.94. The maximum absolute atomic E-state index is 9.72. The summed E-state index contributed by atoms with van der Waals surface area (Å²) < 4.78 is 0. The molecule has 0 heterocycles. The fourth-order valence-electron chi connectivity index (χ4n) is 0.367. The Morgan fingerprint density at radius 3 is 2.56 bits per heavy atom. The van der Waals surface area contributed by atoms with E-state index in [0.717, 1.165) is 6.54 Å². The van der Waals surface area contributed by atoms with Gasteiger partial charge in [0, 0.05) is 12.5 Å². The Balaban J connectivity index is 0. The SMILES string of the molecule is CCNCCC(=O)[O-].[Na+]. The minimum absolute atomic E-state index is 0. The molecule has 4 heteroatoms. The van der Waals surface area contributed by atoms with E-state index in [0.29, 0.717) is 6.54 Å². The van der Waals surface area contributed by atoms with E-state index in [1.165, 1.54) is 0 Å². The van der Waals surface area contributed by atoms with Crippen LogP contribution in [0.3, 0.4) is 0 Å². The van der Waals surface area contributed by atoms with Crippen molar-refractivity contribution in [1.29, 1.82) is 0 Å². The van der Waals surface area contributed by atoms with Crippen LogP contribution in [-0.2, 0) is 4.79 Å². The molecule has 48 valence electrons. The summed E-state index contributed by atoms with van der Waals surface area (Å²) in [6.07, 6.45) is 0.105. The molecule has 0 spiro atoms. The second-order valence-corrected chi connectivity index (χ2v) is 1.48. The van der Waals surface area contributed by atoms with Gasteiger partial charge in [0.15, 0.2) is 0 Å². The minimum Gasteiger partial charge on any atom is -0.550 e. The Morgan fingerprint density at radius 1 is 1.67 bits per heavy atom. The van der Waals surface area contributed by atoms with E-state index in [1.54, 1.807) is 0 Å². The summed E-state index contributed by atoms with van der Waals surface area (Å²) in [6.45, 7) is 3.25. The van der Waals surface area contributed by atoms with Crippen molar-refractivity contribution in [1.82, 2.24) is 5.32 Å². The van der Waals surface area contributed by atoms with E-state index in [9.17, 15) is 9.90 Å². The third-order valence-electron chi connectivity index (χ3n) is 0.756. The van der Waals surface area contributed by atoms with Crippen LogP contribution in [0.4, 0.5) is 0 Å². The van der Waals surface area contributed by atoms with Crippen molar-refractivity contribution in [3.8, 4) is 0 Å². The topological polar surface area (TPSA) is 52.2 Å². The van der Waals surface area contributed by atoms with E-state index in [4.69, 9.17) is 0 Å². The maximum atomic E-state index is 9.72. The third-order valence-corrected chi connectivity index (χ3v) is 0.756. The zero-order valence-electron chi connectivity index (χ0n) is 5.94. The number of hydrogen-bond donors (Lipinski definition) is 1. The predicted octanol–water partition coefficient (Wildman–Crippen LogP) is -4.26. The van der Waals surface area contributed by atoms with Gasteiger partial charge in [-0.25, -0.2) is 0 Å². The first-order chi connectivity index (χ1) is 3.77. The van der Waals surface area contributed by atoms with Gasteiger partial charge in [0.05, 0.1) is 0 Å². The van der Waals surface area contributed by atoms with Gasteiger partial charge in [-0.05, 0) is 13.0 Å². The number of carbonyl (C=O) groups excluding carboxylic acids is 1. The van der Waals surface area contributed by atoms with Crippen LogP contribution in [0.2, 0.25) is 0 Å². The first-order valence-electron chi connectivity index (χ1n) is 2.68. The van der Waals surface area contributed by atoms with Crippen molar-refractivity contribution < 1.29 is 39.5 Å². The van der Waals surface area contributed by atoms with Gasteiger partial charge in [-0.1, -0.05) is 6.92 Å². The van der Waals surface area contributed by atoms with Gasteiger partial charge in [-0.2, -0.15) is 0 Å². The monoisotopic (exact) mass is 139 g/mol. The van der Waals surface area contributed by atoms with Gasteiger partial charge in [-0.15, -0.1) is 0 Å². The fourth-order valence-corrected chi connectivity index (χ4v) is 0.367. The van der Waals surface area contributed by atoms with Gasteiger partial charge < -0.3 is 15.2 Å².